The Labute approximate surface area is 156 Å². The van der Waals surface area contributed by atoms with Gasteiger partial charge < -0.3 is 20.7 Å². The SMILES string of the molecule is CNC1CC(C)NC(Nc2cc3c(c(C4=CCNCCC4)c2)CCO3)N1. The van der Waals surface area contributed by atoms with Crippen LogP contribution in [0, 0.1) is 0 Å². The van der Waals surface area contributed by atoms with Crippen LogP contribution in [-0.2, 0) is 6.42 Å². The third kappa shape index (κ3) is 3.88. The third-order valence-corrected chi connectivity index (χ3v) is 5.52. The molecule has 3 aliphatic rings. The topological polar surface area (TPSA) is 69.4 Å². The molecule has 3 unspecified atom stereocenters. The van der Waals surface area contributed by atoms with Gasteiger partial charge in [0.15, 0.2) is 0 Å². The first-order valence-corrected chi connectivity index (χ1v) is 9.88. The molecular formula is C20H31N5O. The van der Waals surface area contributed by atoms with Crippen LogP contribution < -0.4 is 31.3 Å². The maximum Gasteiger partial charge on any atom is 0.133 e. The van der Waals surface area contributed by atoms with E-state index in [-0.39, 0.29) is 6.29 Å². The van der Waals surface area contributed by atoms with E-state index in [0.717, 1.165) is 50.4 Å². The van der Waals surface area contributed by atoms with Crippen molar-refractivity contribution in [2.24, 2.45) is 0 Å². The van der Waals surface area contributed by atoms with E-state index in [2.05, 4.69) is 51.7 Å². The summed E-state index contributed by atoms with van der Waals surface area (Å²) in [6, 6.07) is 4.91. The molecule has 0 aromatic heterocycles. The van der Waals surface area contributed by atoms with Crippen molar-refractivity contribution in [3.8, 4) is 5.75 Å². The van der Waals surface area contributed by atoms with Crippen molar-refractivity contribution in [1.29, 1.82) is 0 Å². The van der Waals surface area contributed by atoms with Gasteiger partial charge in [-0.3, -0.25) is 10.6 Å². The second-order valence-corrected chi connectivity index (χ2v) is 7.52. The largest absolute Gasteiger partial charge is 0.493 e. The van der Waals surface area contributed by atoms with Crippen LogP contribution in [0.2, 0.25) is 0 Å². The molecule has 1 aromatic rings. The minimum Gasteiger partial charge on any atom is -0.493 e. The zero-order valence-corrected chi connectivity index (χ0v) is 15.8. The summed E-state index contributed by atoms with van der Waals surface area (Å²) in [4.78, 5) is 0. The molecule has 6 nitrogen and oxygen atoms in total. The lowest BCUT2D eigenvalue weighted by Crippen LogP contribution is -2.63. The summed E-state index contributed by atoms with van der Waals surface area (Å²) in [6.07, 6.45) is 7.08. The van der Waals surface area contributed by atoms with Crippen LogP contribution in [0.15, 0.2) is 18.2 Å². The molecule has 0 radical (unpaired) electrons. The number of allylic oxidation sites excluding steroid dienone is 1. The van der Waals surface area contributed by atoms with Crippen molar-refractivity contribution in [3.63, 3.8) is 0 Å². The first-order chi connectivity index (χ1) is 12.7. The highest BCUT2D eigenvalue weighted by Gasteiger charge is 2.25. The monoisotopic (exact) mass is 357 g/mol. The van der Waals surface area contributed by atoms with Crippen LogP contribution >= 0.6 is 0 Å². The predicted octanol–water partition coefficient (Wildman–Crippen LogP) is 1.60. The van der Waals surface area contributed by atoms with Crippen LogP contribution in [0.4, 0.5) is 5.69 Å². The third-order valence-electron chi connectivity index (χ3n) is 5.52. The number of fused-ring (bicyclic) bond motifs is 1. The van der Waals surface area contributed by atoms with Gasteiger partial charge in [-0.25, -0.2) is 0 Å². The van der Waals surface area contributed by atoms with Crippen molar-refractivity contribution in [2.45, 2.75) is 51.1 Å². The fourth-order valence-electron chi connectivity index (χ4n) is 4.19. The Morgan fingerprint density at radius 1 is 1.19 bits per heavy atom. The molecule has 1 fully saturated rings. The highest BCUT2D eigenvalue weighted by atomic mass is 16.5. The fourth-order valence-corrected chi connectivity index (χ4v) is 4.19. The molecule has 1 saturated heterocycles. The van der Waals surface area contributed by atoms with Crippen LogP contribution in [0.25, 0.3) is 5.57 Å². The summed E-state index contributed by atoms with van der Waals surface area (Å²) in [6.45, 7) is 5.06. The average molecular weight is 358 g/mol. The Bertz CT molecular complexity index is 674. The summed E-state index contributed by atoms with van der Waals surface area (Å²) in [5.41, 5.74) is 5.29. The van der Waals surface area contributed by atoms with Crippen molar-refractivity contribution < 1.29 is 4.74 Å². The first kappa shape index (κ1) is 17.8. The van der Waals surface area contributed by atoms with E-state index in [4.69, 9.17) is 4.74 Å². The summed E-state index contributed by atoms with van der Waals surface area (Å²) in [5.74, 6) is 1.04. The minimum absolute atomic E-state index is 0.0354. The number of nitrogens with one attached hydrogen (secondary N) is 5. The highest BCUT2D eigenvalue weighted by molar-refractivity contribution is 5.75. The molecule has 1 aromatic carbocycles. The molecule has 3 aliphatic heterocycles. The molecule has 0 bridgehead atoms. The predicted molar refractivity (Wildman–Crippen MR) is 106 cm³/mol. The first-order valence-electron chi connectivity index (χ1n) is 9.88. The van der Waals surface area contributed by atoms with E-state index < -0.39 is 0 Å². The minimum atomic E-state index is 0.0354. The Hall–Kier alpha value is -1.60. The Morgan fingerprint density at radius 2 is 2.12 bits per heavy atom. The zero-order chi connectivity index (χ0) is 17.9. The van der Waals surface area contributed by atoms with Gasteiger partial charge in [-0.2, -0.15) is 0 Å². The molecule has 0 aliphatic carbocycles. The molecule has 26 heavy (non-hydrogen) atoms. The fraction of sp³-hybridized carbons (Fsp3) is 0.600. The quantitative estimate of drug-likeness (QED) is 0.564. The number of anilines is 1. The molecule has 5 N–H and O–H groups in total. The van der Waals surface area contributed by atoms with Gasteiger partial charge >= 0.3 is 0 Å². The maximum absolute atomic E-state index is 5.92. The van der Waals surface area contributed by atoms with E-state index in [1.807, 2.05) is 7.05 Å². The lowest BCUT2D eigenvalue weighted by atomic mass is 9.94. The molecule has 3 atom stereocenters. The number of rotatable bonds is 4. The van der Waals surface area contributed by atoms with Gasteiger partial charge in [0.2, 0.25) is 0 Å². The molecule has 6 heteroatoms. The van der Waals surface area contributed by atoms with Gasteiger partial charge in [0.1, 0.15) is 12.0 Å². The van der Waals surface area contributed by atoms with Gasteiger partial charge in [-0.15, -0.1) is 0 Å². The van der Waals surface area contributed by atoms with E-state index in [9.17, 15) is 0 Å². The summed E-state index contributed by atoms with van der Waals surface area (Å²) < 4.78 is 5.92. The average Bonchev–Trinajstić information content (AvgIpc) is 2.93. The maximum atomic E-state index is 5.92. The molecule has 0 saturated carbocycles. The van der Waals surface area contributed by atoms with Crippen LogP contribution in [-0.4, -0.2) is 45.2 Å². The van der Waals surface area contributed by atoms with Crippen molar-refractivity contribution >= 4 is 11.3 Å². The van der Waals surface area contributed by atoms with E-state index >= 15 is 0 Å². The zero-order valence-electron chi connectivity index (χ0n) is 15.8. The van der Waals surface area contributed by atoms with Gasteiger partial charge in [0.05, 0.1) is 12.8 Å². The van der Waals surface area contributed by atoms with Crippen molar-refractivity contribution in [3.05, 3.63) is 29.3 Å². The van der Waals surface area contributed by atoms with E-state index in [0.29, 0.717) is 12.2 Å². The summed E-state index contributed by atoms with van der Waals surface area (Å²) >= 11 is 0. The molecular weight excluding hydrogens is 326 g/mol. The van der Waals surface area contributed by atoms with Crippen molar-refractivity contribution in [2.75, 3.05) is 32.1 Å². The molecule has 0 amide bonds. The van der Waals surface area contributed by atoms with E-state index in [1.54, 1.807) is 0 Å². The summed E-state index contributed by atoms with van der Waals surface area (Å²) in [7, 11) is 2.00. The van der Waals surface area contributed by atoms with Gasteiger partial charge in [-0.1, -0.05) is 6.08 Å². The number of benzene rings is 1. The number of hydrogen-bond acceptors (Lipinski definition) is 6. The van der Waals surface area contributed by atoms with E-state index in [1.165, 1.54) is 23.1 Å². The second kappa shape index (κ2) is 7.96. The van der Waals surface area contributed by atoms with Gasteiger partial charge in [0, 0.05) is 36.3 Å². The van der Waals surface area contributed by atoms with Gasteiger partial charge in [0.25, 0.3) is 0 Å². The second-order valence-electron chi connectivity index (χ2n) is 7.52. The standard InChI is InChI=1S/C20H31N5O/c1-13-10-19(21-2)25-20(23-13)24-15-11-17(14-4-3-7-22-8-5-14)16-6-9-26-18(16)12-15/h5,11-13,19-25H,3-4,6-10H2,1-2H3. The Morgan fingerprint density at radius 3 is 3.00 bits per heavy atom. The van der Waals surface area contributed by atoms with Gasteiger partial charge in [-0.05, 0) is 57.0 Å². The normalized spacial score (nSPS) is 28.7. The highest BCUT2D eigenvalue weighted by Crippen LogP contribution is 2.37. The number of hydrogen-bond donors (Lipinski definition) is 5. The smallest absolute Gasteiger partial charge is 0.133 e. The molecule has 4 rings (SSSR count). The van der Waals surface area contributed by atoms with Crippen molar-refractivity contribution in [1.82, 2.24) is 21.3 Å². The number of ether oxygens (including phenoxy) is 1. The molecule has 3 heterocycles. The lowest BCUT2D eigenvalue weighted by molar-refractivity contribution is 0.249. The Balaban J connectivity index is 1.59. The lowest BCUT2D eigenvalue weighted by Gasteiger charge is -2.37. The van der Waals surface area contributed by atoms with Crippen LogP contribution in [0.3, 0.4) is 0 Å². The summed E-state index contributed by atoms with van der Waals surface area (Å²) in [5, 5.41) is 17.5. The Kier molecular flexibility index (Phi) is 5.45. The van der Waals surface area contributed by atoms with Crippen LogP contribution in [0.5, 0.6) is 5.75 Å². The van der Waals surface area contributed by atoms with Crippen LogP contribution in [0.1, 0.15) is 37.3 Å². The molecule has 142 valence electrons. The molecule has 0 spiro atoms.